The lowest BCUT2D eigenvalue weighted by Crippen LogP contribution is -2.55. The van der Waals surface area contributed by atoms with E-state index in [4.69, 9.17) is 11.6 Å². The van der Waals surface area contributed by atoms with Gasteiger partial charge in [-0.3, -0.25) is 0 Å². The molecule has 1 aliphatic heterocycles. The highest BCUT2D eigenvalue weighted by Crippen LogP contribution is 2.32. The molecule has 1 N–H and O–H groups in total. The summed E-state index contributed by atoms with van der Waals surface area (Å²) in [6, 6.07) is 25.5. The quantitative estimate of drug-likeness (QED) is 0.429. The summed E-state index contributed by atoms with van der Waals surface area (Å²) in [7, 11) is 0. The Hall–Kier alpha value is -3.64. The Kier molecular flexibility index (Phi) is 5.84. The highest BCUT2D eigenvalue weighted by molar-refractivity contribution is 6.30. The molecule has 0 spiro atoms. The van der Waals surface area contributed by atoms with Gasteiger partial charge in [0.2, 0.25) is 0 Å². The molecule has 1 aliphatic rings. The Labute approximate surface area is 197 Å². The Morgan fingerprint density at radius 1 is 0.909 bits per heavy atom. The summed E-state index contributed by atoms with van der Waals surface area (Å²) in [5.74, 6) is 0.857. The number of piperazine rings is 1. The van der Waals surface area contributed by atoms with Gasteiger partial charge < -0.3 is 15.1 Å². The second-order valence-corrected chi connectivity index (χ2v) is 8.65. The van der Waals surface area contributed by atoms with E-state index in [1.807, 2.05) is 35.2 Å². The van der Waals surface area contributed by atoms with E-state index < -0.39 is 0 Å². The van der Waals surface area contributed by atoms with Gasteiger partial charge in [0.05, 0.1) is 0 Å². The maximum atomic E-state index is 12.8. The van der Waals surface area contributed by atoms with Crippen molar-refractivity contribution in [3.63, 3.8) is 0 Å². The SMILES string of the molecule is CC1CN(C(=O)Nc2ccc(Cl)cc2)CCN1c1nnc(-c2ccccc2)c2ccccc12. The molecule has 0 bridgehead atoms. The van der Waals surface area contributed by atoms with E-state index in [-0.39, 0.29) is 12.1 Å². The lowest BCUT2D eigenvalue weighted by atomic mass is 10.0. The van der Waals surface area contributed by atoms with Crippen molar-refractivity contribution in [1.29, 1.82) is 0 Å². The van der Waals surface area contributed by atoms with Crippen LogP contribution in [-0.4, -0.2) is 46.8 Å². The van der Waals surface area contributed by atoms with Crippen LogP contribution in [0.1, 0.15) is 6.92 Å². The third-order valence-corrected chi connectivity index (χ3v) is 6.25. The first kappa shape index (κ1) is 21.2. The number of amides is 2. The van der Waals surface area contributed by atoms with Crippen molar-refractivity contribution in [2.45, 2.75) is 13.0 Å². The molecule has 2 heterocycles. The number of nitrogens with one attached hydrogen (secondary N) is 1. The van der Waals surface area contributed by atoms with Crippen LogP contribution < -0.4 is 10.2 Å². The molecule has 7 heteroatoms. The number of nitrogens with zero attached hydrogens (tertiary/aromatic N) is 4. The van der Waals surface area contributed by atoms with Crippen LogP contribution in [0.25, 0.3) is 22.0 Å². The molecule has 4 aromatic rings. The van der Waals surface area contributed by atoms with Crippen LogP contribution in [0.4, 0.5) is 16.3 Å². The van der Waals surface area contributed by atoms with Gasteiger partial charge in [-0.25, -0.2) is 4.79 Å². The van der Waals surface area contributed by atoms with E-state index in [0.29, 0.717) is 24.7 Å². The van der Waals surface area contributed by atoms with E-state index >= 15 is 0 Å². The number of rotatable bonds is 3. The summed E-state index contributed by atoms with van der Waals surface area (Å²) < 4.78 is 0. The molecule has 2 amide bonds. The van der Waals surface area contributed by atoms with Crippen molar-refractivity contribution in [1.82, 2.24) is 15.1 Å². The first-order valence-electron chi connectivity index (χ1n) is 11.0. The molecule has 6 nitrogen and oxygen atoms in total. The zero-order valence-electron chi connectivity index (χ0n) is 18.3. The van der Waals surface area contributed by atoms with Crippen LogP contribution in [0.5, 0.6) is 0 Å². The molecule has 1 aromatic heterocycles. The van der Waals surface area contributed by atoms with Gasteiger partial charge >= 0.3 is 6.03 Å². The average Bonchev–Trinajstić information content (AvgIpc) is 2.85. The van der Waals surface area contributed by atoms with Crippen LogP contribution in [-0.2, 0) is 0 Å². The summed E-state index contributed by atoms with van der Waals surface area (Å²) in [5, 5.41) is 15.0. The molecule has 0 aliphatic carbocycles. The summed E-state index contributed by atoms with van der Waals surface area (Å²) in [6.07, 6.45) is 0. The average molecular weight is 458 g/mol. The van der Waals surface area contributed by atoms with Gasteiger partial charge in [0.15, 0.2) is 5.82 Å². The molecule has 1 fully saturated rings. The molecular weight excluding hydrogens is 434 g/mol. The van der Waals surface area contributed by atoms with Crippen LogP contribution in [0.2, 0.25) is 5.02 Å². The van der Waals surface area contributed by atoms with Crippen molar-refractivity contribution in [2.75, 3.05) is 29.9 Å². The number of hydrogen-bond donors (Lipinski definition) is 1. The Bertz CT molecular complexity index is 1280. The van der Waals surface area contributed by atoms with Gasteiger partial charge in [0.1, 0.15) is 5.69 Å². The van der Waals surface area contributed by atoms with E-state index in [2.05, 4.69) is 51.6 Å². The van der Waals surface area contributed by atoms with Crippen molar-refractivity contribution in [2.24, 2.45) is 0 Å². The number of urea groups is 1. The van der Waals surface area contributed by atoms with Crippen LogP contribution in [0, 0.1) is 0 Å². The smallest absolute Gasteiger partial charge is 0.321 e. The largest absolute Gasteiger partial charge is 0.348 e. The maximum absolute atomic E-state index is 12.8. The minimum Gasteiger partial charge on any atom is -0.348 e. The van der Waals surface area contributed by atoms with Crippen molar-refractivity contribution in [3.8, 4) is 11.3 Å². The third kappa shape index (κ3) is 4.34. The molecule has 166 valence electrons. The molecule has 5 rings (SSSR count). The number of anilines is 2. The lowest BCUT2D eigenvalue weighted by molar-refractivity contribution is 0.200. The summed E-state index contributed by atoms with van der Waals surface area (Å²) in [6.45, 7) is 3.98. The fourth-order valence-corrected chi connectivity index (χ4v) is 4.43. The maximum Gasteiger partial charge on any atom is 0.321 e. The van der Waals surface area contributed by atoms with Gasteiger partial charge in [-0.2, -0.15) is 0 Å². The fraction of sp³-hybridized carbons (Fsp3) is 0.192. The molecule has 1 saturated heterocycles. The van der Waals surface area contributed by atoms with E-state index in [9.17, 15) is 4.79 Å². The molecule has 1 unspecified atom stereocenters. The second kappa shape index (κ2) is 9.08. The molecule has 3 aromatic carbocycles. The number of hydrogen-bond acceptors (Lipinski definition) is 4. The first-order valence-corrected chi connectivity index (χ1v) is 11.4. The number of fused-ring (bicyclic) bond motifs is 1. The molecule has 33 heavy (non-hydrogen) atoms. The predicted octanol–water partition coefficient (Wildman–Crippen LogP) is 5.69. The zero-order valence-corrected chi connectivity index (χ0v) is 19.0. The number of carbonyl (C=O) groups is 1. The molecule has 1 atom stereocenters. The fourth-order valence-electron chi connectivity index (χ4n) is 4.30. The van der Waals surface area contributed by atoms with Gasteiger partial charge in [-0.1, -0.05) is 66.2 Å². The van der Waals surface area contributed by atoms with E-state index in [1.165, 1.54) is 0 Å². The first-order chi connectivity index (χ1) is 16.1. The highest BCUT2D eigenvalue weighted by Gasteiger charge is 2.29. The second-order valence-electron chi connectivity index (χ2n) is 8.21. The van der Waals surface area contributed by atoms with E-state index in [1.54, 1.807) is 24.3 Å². The lowest BCUT2D eigenvalue weighted by Gasteiger charge is -2.40. The standard InChI is InChI=1S/C26H24ClN5O/c1-18-17-31(26(33)28-21-13-11-20(27)12-14-21)15-16-32(18)25-23-10-6-5-9-22(23)24(29-30-25)19-7-3-2-4-8-19/h2-14,18H,15-17H2,1H3,(H,28,33). The Morgan fingerprint density at radius 3 is 2.33 bits per heavy atom. The monoisotopic (exact) mass is 457 g/mol. The van der Waals surface area contributed by atoms with Crippen molar-refractivity contribution >= 4 is 39.9 Å². The van der Waals surface area contributed by atoms with Gasteiger partial charge in [-0.15, -0.1) is 10.2 Å². The highest BCUT2D eigenvalue weighted by atomic mass is 35.5. The normalized spacial score (nSPS) is 16.1. The topological polar surface area (TPSA) is 61.4 Å². The zero-order chi connectivity index (χ0) is 22.8. The van der Waals surface area contributed by atoms with Crippen molar-refractivity contribution < 1.29 is 4.79 Å². The van der Waals surface area contributed by atoms with Gasteiger partial charge in [0, 0.05) is 52.7 Å². The predicted molar refractivity (Wildman–Crippen MR) is 134 cm³/mol. The number of halogens is 1. The summed E-state index contributed by atoms with van der Waals surface area (Å²) in [4.78, 5) is 16.9. The minimum absolute atomic E-state index is 0.0926. The number of aromatic nitrogens is 2. The van der Waals surface area contributed by atoms with E-state index in [0.717, 1.165) is 33.5 Å². The summed E-state index contributed by atoms with van der Waals surface area (Å²) >= 11 is 5.94. The van der Waals surface area contributed by atoms with Crippen LogP contribution in [0.3, 0.4) is 0 Å². The Morgan fingerprint density at radius 2 is 1.61 bits per heavy atom. The van der Waals surface area contributed by atoms with Crippen LogP contribution >= 0.6 is 11.6 Å². The van der Waals surface area contributed by atoms with Crippen molar-refractivity contribution in [3.05, 3.63) is 83.9 Å². The minimum atomic E-state index is -0.112. The number of carbonyl (C=O) groups excluding carboxylic acids is 1. The molecular formula is C26H24ClN5O. The van der Waals surface area contributed by atoms with Gasteiger partial charge in [-0.05, 0) is 31.2 Å². The summed E-state index contributed by atoms with van der Waals surface area (Å²) in [5.41, 5.74) is 2.65. The van der Waals surface area contributed by atoms with Gasteiger partial charge in [0.25, 0.3) is 0 Å². The molecule has 0 radical (unpaired) electrons. The Balaban J connectivity index is 1.37. The van der Waals surface area contributed by atoms with Crippen LogP contribution in [0.15, 0.2) is 78.9 Å². The molecule has 0 saturated carbocycles. The third-order valence-electron chi connectivity index (χ3n) is 6.00. The number of benzene rings is 3.